The van der Waals surface area contributed by atoms with E-state index in [1.54, 1.807) is 18.2 Å². The molecule has 3 rings (SSSR count). The minimum atomic E-state index is -0.628. The molecule has 0 aliphatic carbocycles. The molecule has 1 saturated heterocycles. The molecule has 1 fully saturated rings. The lowest BCUT2D eigenvalue weighted by atomic mass is 9.97. The monoisotopic (exact) mass is 378 g/mol. The first-order chi connectivity index (χ1) is 13.0. The molecule has 10 heteroatoms. The van der Waals surface area contributed by atoms with Crippen molar-refractivity contribution in [3.05, 3.63) is 40.1 Å². The maximum Gasteiger partial charge on any atom is 0.343 e. The lowest BCUT2D eigenvalue weighted by Gasteiger charge is -2.40. The summed E-state index contributed by atoms with van der Waals surface area (Å²) >= 11 is 0. The van der Waals surface area contributed by atoms with Gasteiger partial charge in [0.25, 0.3) is 5.91 Å². The number of carbonyl (C=O) groups is 1. The fourth-order valence-corrected chi connectivity index (χ4v) is 3.18. The molecule has 1 amide bonds. The van der Waals surface area contributed by atoms with Gasteiger partial charge in [-0.2, -0.15) is 0 Å². The Morgan fingerprint density at radius 2 is 2.11 bits per heavy atom. The fraction of sp³-hybridized carbons (Fsp3) is 0.471. The van der Waals surface area contributed by atoms with Crippen molar-refractivity contribution in [3.8, 4) is 11.5 Å². The van der Waals surface area contributed by atoms with Crippen LogP contribution in [0, 0.1) is 0 Å². The smallest absolute Gasteiger partial charge is 0.343 e. The van der Waals surface area contributed by atoms with E-state index in [1.165, 1.54) is 26.2 Å². The molecule has 1 aliphatic rings. The molecule has 1 aromatic heterocycles. The van der Waals surface area contributed by atoms with E-state index in [0.29, 0.717) is 17.1 Å². The minimum Gasteiger partial charge on any atom is -0.493 e. The van der Waals surface area contributed by atoms with Crippen LogP contribution in [0.1, 0.15) is 22.2 Å². The molecule has 10 nitrogen and oxygen atoms in total. The molecule has 0 saturated carbocycles. The molecule has 27 heavy (non-hydrogen) atoms. The number of aliphatic hydroxyl groups excluding tert-OH is 1. The maximum atomic E-state index is 13.0. The van der Waals surface area contributed by atoms with Crippen LogP contribution in [0.2, 0.25) is 0 Å². The van der Waals surface area contributed by atoms with Gasteiger partial charge in [-0.3, -0.25) is 9.78 Å². The highest BCUT2D eigenvalue weighted by Crippen LogP contribution is 2.36. The van der Waals surface area contributed by atoms with Crippen LogP contribution < -0.4 is 15.2 Å². The first-order valence-corrected chi connectivity index (χ1v) is 8.38. The third-order valence-electron chi connectivity index (χ3n) is 4.51. The minimum absolute atomic E-state index is 0.0634. The predicted octanol–water partition coefficient (Wildman–Crippen LogP) is -0.300. The summed E-state index contributed by atoms with van der Waals surface area (Å²) < 4.78 is 17.3. The Morgan fingerprint density at radius 3 is 2.70 bits per heavy atom. The predicted molar refractivity (Wildman–Crippen MR) is 94.0 cm³/mol. The number of aliphatic hydroxyl groups is 1. The summed E-state index contributed by atoms with van der Waals surface area (Å²) in [5, 5.41) is 13.7. The van der Waals surface area contributed by atoms with Crippen LogP contribution in [0.25, 0.3) is 0 Å². The number of hydrogen-bond donors (Lipinski definition) is 2. The second kappa shape index (κ2) is 7.80. The Morgan fingerprint density at radius 1 is 1.37 bits per heavy atom. The largest absolute Gasteiger partial charge is 0.493 e. The van der Waals surface area contributed by atoms with Gasteiger partial charge in [0.2, 0.25) is 5.82 Å². The molecule has 0 bridgehead atoms. The van der Waals surface area contributed by atoms with Crippen molar-refractivity contribution in [3.63, 3.8) is 0 Å². The molecular formula is C17H22N4O6. The highest BCUT2D eigenvalue weighted by molar-refractivity contribution is 5.90. The van der Waals surface area contributed by atoms with E-state index >= 15 is 0 Å². The van der Waals surface area contributed by atoms with E-state index < -0.39 is 23.7 Å². The zero-order chi connectivity index (χ0) is 19.6. The molecular weight excluding hydrogens is 356 g/mol. The maximum absolute atomic E-state index is 13.0. The zero-order valence-electron chi connectivity index (χ0n) is 15.3. The van der Waals surface area contributed by atoms with E-state index in [9.17, 15) is 14.7 Å². The Labute approximate surface area is 155 Å². The zero-order valence-corrected chi connectivity index (χ0v) is 15.3. The number of hydrogen-bond acceptors (Lipinski definition) is 7. The van der Waals surface area contributed by atoms with Gasteiger partial charge in [-0.1, -0.05) is 6.07 Å². The highest BCUT2D eigenvalue weighted by Gasteiger charge is 2.38. The van der Waals surface area contributed by atoms with Crippen LogP contribution in [0.3, 0.4) is 0 Å². The van der Waals surface area contributed by atoms with Crippen LogP contribution >= 0.6 is 0 Å². The molecule has 2 N–H and O–H groups in total. The summed E-state index contributed by atoms with van der Waals surface area (Å²) in [4.78, 5) is 28.6. The number of aryl methyl sites for hydroxylation is 1. The number of H-pyrrole nitrogens is 1. The van der Waals surface area contributed by atoms with Crippen molar-refractivity contribution in [2.24, 2.45) is 7.05 Å². The molecule has 1 aliphatic heterocycles. The summed E-state index contributed by atoms with van der Waals surface area (Å²) in [6.45, 7) is 0.270. The van der Waals surface area contributed by atoms with Gasteiger partial charge in [-0.25, -0.2) is 9.48 Å². The van der Waals surface area contributed by atoms with Crippen molar-refractivity contribution in [2.45, 2.75) is 12.1 Å². The molecule has 1 aromatic carbocycles. The number of ether oxygens (including phenoxy) is 3. The molecule has 0 unspecified atom stereocenters. The van der Waals surface area contributed by atoms with Crippen molar-refractivity contribution in [2.75, 3.05) is 34.0 Å². The Hall–Kier alpha value is -2.85. The van der Waals surface area contributed by atoms with Gasteiger partial charge in [0, 0.05) is 13.6 Å². The molecule has 0 radical (unpaired) electrons. The Kier molecular flexibility index (Phi) is 5.47. The second-order valence-electron chi connectivity index (χ2n) is 6.05. The van der Waals surface area contributed by atoms with Crippen LogP contribution in [0.4, 0.5) is 0 Å². The summed E-state index contributed by atoms with van der Waals surface area (Å²) in [6, 6.07) is 4.66. The molecule has 146 valence electrons. The van der Waals surface area contributed by atoms with E-state index in [1.807, 2.05) is 0 Å². The first kappa shape index (κ1) is 18.9. The Bertz CT molecular complexity index is 877. The number of nitrogens with zero attached hydrogens (tertiary/aromatic N) is 3. The number of carbonyl (C=O) groups excluding carboxylic acids is 1. The molecule has 2 aromatic rings. The average molecular weight is 378 g/mol. The first-order valence-electron chi connectivity index (χ1n) is 8.38. The van der Waals surface area contributed by atoms with Gasteiger partial charge in [0.15, 0.2) is 11.5 Å². The number of aromatic amines is 1. The van der Waals surface area contributed by atoms with E-state index in [2.05, 4.69) is 10.1 Å². The topological polar surface area (TPSA) is 119 Å². The van der Waals surface area contributed by atoms with Crippen molar-refractivity contribution in [1.82, 2.24) is 19.7 Å². The Balaban J connectivity index is 2.01. The second-order valence-corrected chi connectivity index (χ2v) is 6.05. The van der Waals surface area contributed by atoms with E-state index in [-0.39, 0.29) is 25.6 Å². The number of amides is 1. The quantitative estimate of drug-likeness (QED) is 0.733. The van der Waals surface area contributed by atoms with Crippen LogP contribution in [-0.2, 0) is 11.8 Å². The third kappa shape index (κ3) is 3.53. The number of nitrogens with one attached hydrogen (secondary N) is 1. The van der Waals surface area contributed by atoms with Crippen molar-refractivity contribution < 1.29 is 24.1 Å². The molecule has 2 atom stereocenters. The van der Waals surface area contributed by atoms with E-state index in [4.69, 9.17) is 14.2 Å². The summed E-state index contributed by atoms with van der Waals surface area (Å²) in [5.74, 6) is 0.530. The number of methoxy groups -OCH3 is 2. The summed E-state index contributed by atoms with van der Waals surface area (Å²) in [5.41, 5.74) is 0.228. The lowest BCUT2D eigenvalue weighted by Crippen LogP contribution is -2.49. The number of benzene rings is 1. The van der Waals surface area contributed by atoms with Crippen LogP contribution in [0.15, 0.2) is 23.0 Å². The number of aromatic nitrogens is 3. The normalized spacial score (nSPS) is 19.8. The average Bonchev–Trinajstić information content (AvgIpc) is 3.04. The SMILES string of the molecule is COc1ccc([C@H]2[C@H](CO)OCCN2C(=O)c2nn(C)c(=O)[nH]2)cc1OC. The van der Waals surface area contributed by atoms with E-state index in [0.717, 1.165) is 4.68 Å². The van der Waals surface area contributed by atoms with Gasteiger partial charge >= 0.3 is 5.69 Å². The van der Waals surface area contributed by atoms with Crippen LogP contribution in [0.5, 0.6) is 11.5 Å². The molecule has 0 spiro atoms. The van der Waals surface area contributed by atoms with Gasteiger partial charge in [-0.15, -0.1) is 5.10 Å². The summed E-state index contributed by atoms with van der Waals surface area (Å²) in [7, 11) is 4.51. The van der Waals surface area contributed by atoms with Crippen LogP contribution in [-0.4, -0.2) is 70.8 Å². The molecule has 2 heterocycles. The lowest BCUT2D eigenvalue weighted by molar-refractivity contribution is -0.0814. The van der Waals surface area contributed by atoms with Gasteiger partial charge in [0.1, 0.15) is 6.10 Å². The van der Waals surface area contributed by atoms with Crippen molar-refractivity contribution in [1.29, 1.82) is 0 Å². The fourth-order valence-electron chi connectivity index (χ4n) is 3.18. The van der Waals surface area contributed by atoms with Gasteiger partial charge in [-0.05, 0) is 17.7 Å². The summed E-state index contributed by atoms with van der Waals surface area (Å²) in [6.07, 6.45) is -0.628. The van der Waals surface area contributed by atoms with Crippen molar-refractivity contribution >= 4 is 5.91 Å². The third-order valence-corrected chi connectivity index (χ3v) is 4.51. The number of morpholine rings is 1. The van der Waals surface area contributed by atoms with Gasteiger partial charge < -0.3 is 24.2 Å². The number of rotatable bonds is 5. The highest BCUT2D eigenvalue weighted by atomic mass is 16.5. The standard InChI is InChI=1S/C17H22N4O6/c1-20-17(24)18-15(19-20)16(23)21-6-7-27-13(9-22)14(21)10-4-5-11(25-2)12(8-10)26-3/h4-5,8,13-14,22H,6-7,9H2,1-3H3,(H,18,19,24)/t13-,14-/m0/s1. The van der Waals surface area contributed by atoms with Gasteiger partial charge in [0.05, 0.1) is 33.5 Å².